The van der Waals surface area contributed by atoms with E-state index >= 15 is 0 Å². The molecule has 4 fully saturated rings. The average Bonchev–Trinajstić information content (AvgIpc) is 3.92. The summed E-state index contributed by atoms with van der Waals surface area (Å²) in [7, 11) is -5.07. The van der Waals surface area contributed by atoms with Gasteiger partial charge in [0.25, 0.3) is 0 Å². The van der Waals surface area contributed by atoms with E-state index < -0.39 is 97.8 Å². The van der Waals surface area contributed by atoms with Gasteiger partial charge in [-0.2, -0.15) is 0 Å². The zero-order chi connectivity index (χ0) is 46.4. The van der Waals surface area contributed by atoms with E-state index in [0.717, 1.165) is 10.5 Å². The highest BCUT2D eigenvalue weighted by Crippen LogP contribution is 2.70. The lowest BCUT2D eigenvalue weighted by atomic mass is 9.46. The fourth-order valence-electron chi connectivity index (χ4n) is 11.0. The Morgan fingerprint density at radius 2 is 1.84 bits per heavy atom. The number of amides is 3. The van der Waals surface area contributed by atoms with Gasteiger partial charge >= 0.3 is 13.8 Å². The summed E-state index contributed by atoms with van der Waals surface area (Å²) in [6.07, 6.45) is 3.65. The lowest BCUT2D eigenvalue weighted by Crippen LogP contribution is -2.63. The van der Waals surface area contributed by atoms with Gasteiger partial charge in [-0.3, -0.25) is 33.3 Å². The third-order valence-corrected chi connectivity index (χ3v) is 15.8. The van der Waals surface area contributed by atoms with Crippen LogP contribution >= 0.6 is 35.1 Å². The Morgan fingerprint density at radius 3 is 2.55 bits per heavy atom. The zero-order valence-corrected chi connectivity index (χ0v) is 38.3. The van der Waals surface area contributed by atoms with E-state index in [0.29, 0.717) is 41.7 Å². The number of aliphatic hydroxyl groups is 2. The van der Waals surface area contributed by atoms with E-state index in [2.05, 4.69) is 31.9 Å². The van der Waals surface area contributed by atoms with E-state index in [-0.39, 0.29) is 54.0 Å². The van der Waals surface area contributed by atoms with Crippen molar-refractivity contribution in [1.29, 1.82) is 0 Å². The minimum Gasteiger partial charge on any atom is -0.481 e. The maximum atomic E-state index is 14.4. The predicted molar refractivity (Wildman–Crippen MR) is 232 cm³/mol. The van der Waals surface area contributed by atoms with Gasteiger partial charge in [0.2, 0.25) is 17.7 Å². The molecule has 0 unspecified atom stereocenters. The molecule has 3 amide bonds. The van der Waals surface area contributed by atoms with Gasteiger partial charge in [-0.15, -0.1) is 11.3 Å². The van der Waals surface area contributed by atoms with Crippen molar-refractivity contribution >= 4 is 76.0 Å². The number of aliphatic carboxylic acids is 1. The van der Waals surface area contributed by atoms with E-state index in [1.54, 1.807) is 24.3 Å². The summed E-state index contributed by atoms with van der Waals surface area (Å²) in [5.41, 5.74) is -1.01. The summed E-state index contributed by atoms with van der Waals surface area (Å²) in [6.45, 7) is 2.15. The Balaban J connectivity index is 1.10. The first-order valence-electron chi connectivity index (χ1n) is 20.9. The van der Waals surface area contributed by atoms with Crippen LogP contribution in [0.3, 0.4) is 0 Å². The highest BCUT2D eigenvalue weighted by atomic mass is 79.9. The molecule has 1 saturated heterocycles. The van der Waals surface area contributed by atoms with Crippen LogP contribution in [0.5, 0.6) is 0 Å². The van der Waals surface area contributed by atoms with Gasteiger partial charge in [-0.05, 0) is 91.5 Å². The lowest BCUT2D eigenvalue weighted by molar-refractivity contribution is -0.200. The van der Waals surface area contributed by atoms with Gasteiger partial charge in [0.05, 0.1) is 35.6 Å². The van der Waals surface area contributed by atoms with E-state index in [1.165, 1.54) is 23.5 Å². The van der Waals surface area contributed by atoms with Crippen molar-refractivity contribution in [2.24, 2.45) is 28.6 Å². The number of carbonyl (C=O) groups is 6. The molecule has 18 nitrogen and oxygen atoms in total. The Bertz CT molecular complexity index is 2330. The summed E-state index contributed by atoms with van der Waals surface area (Å²) >= 11 is 4.30. The second-order valence-corrected chi connectivity index (χ2v) is 20.6. The van der Waals surface area contributed by atoms with E-state index in [4.69, 9.17) is 14.0 Å². The Hall–Kier alpha value is -3.95. The van der Waals surface area contributed by atoms with E-state index in [1.807, 2.05) is 26.0 Å². The standard InChI is InChI=1S/C43H51BrN3O15PS/c1-41-10-9-26(49)15-24(41)3-5-28-29-16-34-43(33(51)21-60-63(57,58)59,42(29,2)17-31(50)38(28)41)62-40(61-34)32-7-4-27(64-32)14-22-11-23(20-48)13-25(12-22)46-39(56)30(6-8-37(54)55)47-36(53)19-45-35(52)18-44/h4,7,9-13,15,28-31,34,38,40,48,50H,3,5-6,8,14,16-21H2,1-2H3,(H,45,52)(H,46,56)(H,47,53)(H,54,55)(H2,57,58,59)/t28-,29-,30-,31-,34+,38+,40+,41-,42-,43+/m0/s1. The third kappa shape index (κ3) is 9.50. The second kappa shape index (κ2) is 18.7. The number of halogens is 1. The number of hydrogen-bond donors (Lipinski definition) is 8. The summed E-state index contributed by atoms with van der Waals surface area (Å²) in [4.78, 5) is 96.2. The number of phosphoric acid groups is 1. The Labute approximate surface area is 380 Å². The number of carboxylic acids is 1. The number of ketones is 2. The molecule has 7 rings (SSSR count). The largest absolute Gasteiger partial charge is 0.481 e. The fraction of sp³-hybridized carbons (Fsp3) is 0.535. The van der Waals surface area contributed by atoms with Crippen LogP contribution < -0.4 is 16.0 Å². The molecule has 8 N–H and O–H groups in total. The molecule has 0 bridgehead atoms. The molecule has 1 aromatic heterocycles. The molecule has 1 aliphatic heterocycles. The first-order chi connectivity index (χ1) is 30.2. The Morgan fingerprint density at radius 1 is 1.09 bits per heavy atom. The fourth-order valence-corrected chi connectivity index (χ4v) is 12.5. The van der Waals surface area contributed by atoms with Gasteiger partial charge < -0.3 is 50.5 Å². The van der Waals surface area contributed by atoms with Crippen molar-refractivity contribution in [1.82, 2.24) is 10.6 Å². The molecule has 0 radical (unpaired) electrons. The maximum absolute atomic E-state index is 14.4. The molecule has 10 atom stereocenters. The van der Waals surface area contributed by atoms with Crippen LogP contribution in [0.15, 0.2) is 54.1 Å². The number of aliphatic hydroxyl groups excluding tert-OH is 2. The van der Waals surface area contributed by atoms with Crippen LogP contribution in [0.4, 0.5) is 5.69 Å². The van der Waals surface area contributed by atoms with Crippen LogP contribution in [0.2, 0.25) is 0 Å². The van der Waals surface area contributed by atoms with Crippen LogP contribution in [0.25, 0.3) is 0 Å². The first kappa shape index (κ1) is 48.0. The number of hydrogen-bond acceptors (Lipinski definition) is 13. The number of anilines is 1. The normalized spacial score (nSPS) is 30.9. The summed E-state index contributed by atoms with van der Waals surface area (Å²) < 4.78 is 30.0. The minimum absolute atomic E-state index is 0.0420. The number of alkyl halides is 1. The number of carboxylic acid groups (broad SMARTS) is 1. The molecule has 64 heavy (non-hydrogen) atoms. The number of benzene rings is 1. The van der Waals surface area contributed by atoms with Gasteiger partial charge in [0, 0.05) is 40.2 Å². The van der Waals surface area contributed by atoms with Gasteiger partial charge in [0.15, 0.2) is 23.5 Å². The number of fused-ring (bicyclic) bond motifs is 7. The quantitative estimate of drug-likeness (QED) is 0.0834. The molecule has 1 aromatic carbocycles. The van der Waals surface area contributed by atoms with Crippen molar-refractivity contribution in [3.8, 4) is 0 Å². The number of allylic oxidation sites excluding steroid dienone is 4. The second-order valence-electron chi connectivity index (χ2n) is 17.6. The van der Waals surface area contributed by atoms with Crippen molar-refractivity contribution in [3.05, 3.63) is 75.0 Å². The highest BCUT2D eigenvalue weighted by Gasteiger charge is 2.76. The molecule has 5 aliphatic rings. The summed E-state index contributed by atoms with van der Waals surface area (Å²) in [5, 5.41) is 38.9. The molecule has 0 spiro atoms. The van der Waals surface area contributed by atoms with Crippen LogP contribution in [-0.2, 0) is 60.4 Å². The van der Waals surface area contributed by atoms with Crippen molar-refractivity contribution in [3.63, 3.8) is 0 Å². The molecule has 4 aliphatic carbocycles. The van der Waals surface area contributed by atoms with Crippen molar-refractivity contribution in [2.45, 2.75) is 95.5 Å². The summed E-state index contributed by atoms with van der Waals surface area (Å²) in [5.74, 6) is -4.41. The SMILES string of the molecule is C[C@]12C=CC(=O)C=C1CC[C@@H]1[C@@H]2[C@@H](O)C[C@@]2(C)[C@H]1C[C@H]1O[C@@H](c3ccc(Cc4cc(CO)cc(NC(=O)[C@H](CCC(=O)O)NC(=O)CNC(=O)CBr)c4)s3)O[C@]12C(=O)COP(=O)(O)O. The molecule has 3 saturated carbocycles. The number of nitrogens with one attached hydrogen (secondary N) is 3. The predicted octanol–water partition coefficient (Wildman–Crippen LogP) is 3.35. The first-order valence-corrected chi connectivity index (χ1v) is 24.3. The highest BCUT2D eigenvalue weighted by molar-refractivity contribution is 9.09. The number of rotatable bonds is 17. The average molecular weight is 993 g/mol. The van der Waals surface area contributed by atoms with Crippen molar-refractivity contribution < 1.29 is 72.4 Å². The number of Topliss-reactive ketones (excluding diaryl/α,β-unsaturated/α-hetero) is 1. The van der Waals surface area contributed by atoms with Gasteiger partial charge in [-0.1, -0.05) is 47.5 Å². The topological polar surface area (TPSA) is 284 Å². The minimum atomic E-state index is -5.07. The third-order valence-electron chi connectivity index (χ3n) is 13.7. The molecular weight excluding hydrogens is 941 g/mol. The molecule has 2 aromatic rings. The summed E-state index contributed by atoms with van der Waals surface area (Å²) in [6, 6.07) is 7.29. The Kier molecular flexibility index (Phi) is 14.1. The number of phosphoric ester groups is 1. The zero-order valence-electron chi connectivity index (χ0n) is 35.0. The molecule has 346 valence electrons. The van der Waals surface area contributed by atoms with Crippen molar-refractivity contribution in [2.75, 3.05) is 23.8 Å². The number of carbonyl (C=O) groups excluding carboxylic acids is 5. The smallest absolute Gasteiger partial charge is 0.470 e. The van der Waals surface area contributed by atoms with Crippen LogP contribution in [0.1, 0.15) is 79.5 Å². The van der Waals surface area contributed by atoms with Gasteiger partial charge in [-0.25, -0.2) is 4.57 Å². The molecule has 21 heteroatoms. The number of ether oxygens (including phenoxy) is 2. The maximum Gasteiger partial charge on any atom is 0.470 e. The van der Waals surface area contributed by atoms with E-state index in [9.17, 15) is 58.4 Å². The van der Waals surface area contributed by atoms with Gasteiger partial charge in [0.1, 0.15) is 12.6 Å². The molecular formula is C43H51BrN3O15PS. The van der Waals surface area contributed by atoms with Crippen LogP contribution in [-0.4, -0.2) is 103 Å². The number of thiophene rings is 1. The van der Waals surface area contributed by atoms with Crippen LogP contribution in [0, 0.1) is 28.6 Å². The lowest BCUT2D eigenvalue weighted by Gasteiger charge is -2.59. The molecule has 2 heterocycles. The monoisotopic (exact) mass is 991 g/mol.